The van der Waals surface area contributed by atoms with Gasteiger partial charge < -0.3 is 10.2 Å². The Kier molecular flexibility index (Phi) is 4.54. The van der Waals surface area contributed by atoms with Crippen molar-refractivity contribution >= 4 is 28.5 Å². The minimum absolute atomic E-state index is 0.211. The summed E-state index contributed by atoms with van der Waals surface area (Å²) in [5, 5.41) is 11.6. The number of piperidine rings is 1. The first-order valence-corrected chi connectivity index (χ1v) is 11.6. The average molecular weight is 423 g/mol. The molecule has 4 heterocycles. The number of fused-ring (bicyclic) bond motifs is 1. The molecule has 2 N–H and O–H groups in total. The molecule has 1 saturated carbocycles. The Morgan fingerprint density at radius 2 is 1.94 bits per heavy atom. The number of urea groups is 1. The van der Waals surface area contributed by atoms with Gasteiger partial charge in [0.15, 0.2) is 0 Å². The van der Waals surface area contributed by atoms with Crippen molar-refractivity contribution in [2.45, 2.75) is 38.1 Å². The first-order chi connectivity index (χ1) is 15.1. The van der Waals surface area contributed by atoms with Crippen molar-refractivity contribution in [1.82, 2.24) is 25.3 Å². The van der Waals surface area contributed by atoms with Crippen molar-refractivity contribution in [3.63, 3.8) is 0 Å². The van der Waals surface area contributed by atoms with Crippen molar-refractivity contribution in [2.75, 3.05) is 44.2 Å². The van der Waals surface area contributed by atoms with Crippen molar-refractivity contribution in [3.8, 4) is 0 Å². The molecule has 4 aliphatic rings. The molecular weight excluding hydrogens is 392 g/mol. The largest absolute Gasteiger partial charge is 0.328 e. The first kappa shape index (κ1) is 19.3. The highest BCUT2D eigenvalue weighted by atomic mass is 16.2. The molecule has 3 saturated heterocycles. The van der Waals surface area contributed by atoms with E-state index in [1.807, 2.05) is 18.3 Å². The molecule has 4 fully saturated rings. The van der Waals surface area contributed by atoms with Gasteiger partial charge in [0.05, 0.1) is 23.4 Å². The van der Waals surface area contributed by atoms with Crippen LogP contribution < -0.4 is 15.5 Å². The normalized spacial score (nSPS) is 26.7. The Labute approximate surface area is 181 Å². The predicted molar refractivity (Wildman–Crippen MR) is 118 cm³/mol. The molecule has 3 aliphatic heterocycles. The maximum atomic E-state index is 12.3. The molecule has 6 rings (SSSR count). The quantitative estimate of drug-likeness (QED) is 0.789. The van der Waals surface area contributed by atoms with Crippen molar-refractivity contribution in [3.05, 3.63) is 24.4 Å². The van der Waals surface area contributed by atoms with E-state index in [0.29, 0.717) is 24.4 Å². The summed E-state index contributed by atoms with van der Waals surface area (Å²) in [4.78, 5) is 28.2. The van der Waals surface area contributed by atoms with Crippen molar-refractivity contribution < 1.29 is 9.59 Å². The van der Waals surface area contributed by atoms with Gasteiger partial charge in [-0.2, -0.15) is 5.10 Å². The van der Waals surface area contributed by atoms with E-state index in [2.05, 4.69) is 26.3 Å². The summed E-state index contributed by atoms with van der Waals surface area (Å²) in [7, 11) is 0. The second-order valence-electron chi connectivity index (χ2n) is 9.79. The topological polar surface area (TPSA) is 82.5 Å². The number of anilines is 1. The summed E-state index contributed by atoms with van der Waals surface area (Å²) < 4.78 is 2.16. The summed E-state index contributed by atoms with van der Waals surface area (Å²) in [5.41, 5.74) is 2.52. The average Bonchev–Trinajstić information content (AvgIpc) is 3.15. The predicted octanol–water partition coefficient (Wildman–Crippen LogP) is 2.12. The lowest BCUT2D eigenvalue weighted by Gasteiger charge is -2.57. The Bertz CT molecular complexity index is 1010. The van der Waals surface area contributed by atoms with E-state index in [1.165, 1.54) is 32.5 Å². The molecule has 31 heavy (non-hydrogen) atoms. The summed E-state index contributed by atoms with van der Waals surface area (Å²) in [6.45, 7) is 6.36. The van der Waals surface area contributed by atoms with Gasteiger partial charge in [-0.25, -0.2) is 4.79 Å². The number of carbonyl (C=O) groups is 2. The van der Waals surface area contributed by atoms with Crippen LogP contribution in [0.3, 0.4) is 0 Å². The third kappa shape index (κ3) is 3.15. The SMILES string of the molecule is O=C1CCN(c2cccc3c2cnn3C2CCN(CC3CCC34CNC4)CC2)C(=O)N1. The van der Waals surface area contributed by atoms with Gasteiger partial charge in [-0.3, -0.25) is 19.7 Å². The van der Waals surface area contributed by atoms with E-state index in [4.69, 9.17) is 5.10 Å². The summed E-state index contributed by atoms with van der Waals surface area (Å²) in [6.07, 6.45) is 7.22. The van der Waals surface area contributed by atoms with Crippen molar-refractivity contribution in [1.29, 1.82) is 0 Å². The molecule has 1 aromatic heterocycles. The second kappa shape index (κ2) is 7.31. The maximum Gasteiger partial charge on any atom is 0.328 e. The van der Waals surface area contributed by atoms with Crippen molar-refractivity contribution in [2.24, 2.45) is 11.3 Å². The van der Waals surface area contributed by atoms with E-state index >= 15 is 0 Å². The number of nitrogens with one attached hydrogen (secondary N) is 2. The molecule has 8 nitrogen and oxygen atoms in total. The number of nitrogens with zero attached hydrogens (tertiary/aromatic N) is 4. The molecule has 1 aromatic carbocycles. The highest BCUT2D eigenvalue weighted by Gasteiger charge is 2.51. The third-order valence-corrected chi connectivity index (χ3v) is 8.16. The first-order valence-electron chi connectivity index (χ1n) is 11.6. The summed E-state index contributed by atoms with van der Waals surface area (Å²) in [5.74, 6) is 0.665. The Balaban J connectivity index is 1.16. The van der Waals surface area contributed by atoms with Gasteiger partial charge in [0.1, 0.15) is 0 Å². The van der Waals surface area contributed by atoms with Gasteiger partial charge in [-0.1, -0.05) is 6.07 Å². The Morgan fingerprint density at radius 1 is 1.10 bits per heavy atom. The second-order valence-corrected chi connectivity index (χ2v) is 9.79. The van der Waals surface area contributed by atoms with E-state index in [1.54, 1.807) is 4.90 Å². The van der Waals surface area contributed by atoms with Crippen LogP contribution in [0.1, 0.15) is 38.1 Å². The highest BCUT2D eigenvalue weighted by molar-refractivity contribution is 6.09. The highest BCUT2D eigenvalue weighted by Crippen LogP contribution is 2.50. The molecule has 3 amide bonds. The lowest BCUT2D eigenvalue weighted by Crippen LogP contribution is -2.64. The maximum absolute atomic E-state index is 12.3. The number of likely N-dealkylation sites (tertiary alicyclic amines) is 1. The number of aromatic nitrogens is 2. The fourth-order valence-corrected chi connectivity index (χ4v) is 5.99. The zero-order valence-corrected chi connectivity index (χ0v) is 17.8. The van der Waals surface area contributed by atoms with E-state index < -0.39 is 0 Å². The third-order valence-electron chi connectivity index (χ3n) is 8.16. The molecule has 1 spiro atoms. The number of amides is 3. The summed E-state index contributed by atoms with van der Waals surface area (Å²) >= 11 is 0. The fourth-order valence-electron chi connectivity index (χ4n) is 5.99. The Morgan fingerprint density at radius 3 is 2.61 bits per heavy atom. The van der Waals surface area contributed by atoms with Crippen LogP contribution in [0.4, 0.5) is 10.5 Å². The zero-order valence-electron chi connectivity index (χ0n) is 17.8. The van der Waals surface area contributed by atoms with Gasteiger partial charge in [0.2, 0.25) is 5.91 Å². The number of hydrogen-bond acceptors (Lipinski definition) is 5. The minimum Gasteiger partial charge on any atom is -0.316 e. The summed E-state index contributed by atoms with van der Waals surface area (Å²) in [6, 6.07) is 6.06. The fraction of sp³-hybridized carbons (Fsp3) is 0.609. The minimum atomic E-state index is -0.347. The number of benzene rings is 1. The van der Waals surface area contributed by atoms with Crippen LogP contribution in [0.25, 0.3) is 10.9 Å². The number of hydrogen-bond donors (Lipinski definition) is 2. The van der Waals surface area contributed by atoms with Gasteiger partial charge in [-0.05, 0) is 49.1 Å². The van der Waals surface area contributed by atoms with Crippen LogP contribution in [-0.4, -0.2) is 65.9 Å². The molecule has 0 bridgehead atoms. The number of rotatable bonds is 4. The van der Waals surface area contributed by atoms with E-state index in [0.717, 1.165) is 48.4 Å². The smallest absolute Gasteiger partial charge is 0.316 e. The molecular formula is C23H30N6O2. The van der Waals surface area contributed by atoms with Crippen LogP contribution in [0.5, 0.6) is 0 Å². The standard InChI is InChI=1S/C23H30N6O2/c30-21-7-11-28(22(31)26-21)19-2-1-3-20-18(19)12-25-29(20)17-5-9-27(10-6-17)13-16-4-8-23(16)14-24-15-23/h1-3,12,16-17,24H,4-11,13-15H2,(H,26,30,31). The lowest BCUT2D eigenvalue weighted by atomic mass is 9.56. The molecule has 1 atom stereocenters. The van der Waals surface area contributed by atoms with Crippen LogP contribution in [0.15, 0.2) is 24.4 Å². The van der Waals surface area contributed by atoms with Crippen LogP contribution in [0.2, 0.25) is 0 Å². The molecule has 1 unspecified atom stereocenters. The van der Waals surface area contributed by atoms with E-state index in [9.17, 15) is 9.59 Å². The van der Waals surface area contributed by atoms with Gasteiger partial charge in [0, 0.05) is 51.1 Å². The van der Waals surface area contributed by atoms with Gasteiger partial charge in [-0.15, -0.1) is 0 Å². The van der Waals surface area contributed by atoms with Crippen LogP contribution in [-0.2, 0) is 4.79 Å². The zero-order chi connectivity index (χ0) is 21.0. The number of imide groups is 1. The monoisotopic (exact) mass is 422 g/mol. The van der Waals surface area contributed by atoms with Gasteiger partial charge in [0.25, 0.3) is 0 Å². The van der Waals surface area contributed by atoms with Crippen LogP contribution >= 0.6 is 0 Å². The molecule has 164 valence electrons. The van der Waals surface area contributed by atoms with Gasteiger partial charge >= 0.3 is 6.03 Å². The molecule has 2 aromatic rings. The van der Waals surface area contributed by atoms with Crippen LogP contribution in [0, 0.1) is 11.3 Å². The lowest BCUT2D eigenvalue weighted by molar-refractivity contribution is -0.120. The molecule has 0 radical (unpaired) electrons. The Hall–Kier alpha value is -2.45. The number of carbonyl (C=O) groups excluding carboxylic acids is 2. The molecule has 8 heteroatoms. The molecule has 1 aliphatic carbocycles. The van der Waals surface area contributed by atoms with E-state index in [-0.39, 0.29) is 11.9 Å².